The summed E-state index contributed by atoms with van der Waals surface area (Å²) in [6, 6.07) is 0. The molecule has 0 aliphatic heterocycles. The maximum absolute atomic E-state index is 5.56. The Labute approximate surface area is 84.6 Å². The molecule has 0 bridgehead atoms. The molecule has 0 aromatic carbocycles. The van der Waals surface area contributed by atoms with E-state index in [-0.39, 0.29) is 11.9 Å². The van der Waals surface area contributed by atoms with Crippen LogP contribution in [0.3, 0.4) is 0 Å². The van der Waals surface area contributed by atoms with E-state index in [1.807, 2.05) is 0 Å². The standard InChI is InChI=1S/C6H8ClN5S/c1-3(7)2-13-6-11-4(8)10-5(9)12-6/h1-2H2,(H4,8,9,10,11,12). The number of hydrogen-bond acceptors (Lipinski definition) is 6. The van der Waals surface area contributed by atoms with Crippen molar-refractivity contribution in [3.8, 4) is 0 Å². The Morgan fingerprint density at radius 1 is 1.31 bits per heavy atom. The van der Waals surface area contributed by atoms with Crippen molar-refractivity contribution < 1.29 is 0 Å². The van der Waals surface area contributed by atoms with Gasteiger partial charge in [-0.1, -0.05) is 29.9 Å². The molecule has 0 saturated carbocycles. The van der Waals surface area contributed by atoms with E-state index in [9.17, 15) is 0 Å². The molecular weight excluding hydrogens is 210 g/mol. The fourth-order valence-corrected chi connectivity index (χ4v) is 1.36. The van der Waals surface area contributed by atoms with E-state index < -0.39 is 0 Å². The molecule has 1 aromatic rings. The minimum Gasteiger partial charge on any atom is -0.368 e. The van der Waals surface area contributed by atoms with Crippen LogP contribution >= 0.6 is 23.4 Å². The maximum atomic E-state index is 5.56. The quantitative estimate of drug-likeness (QED) is 0.731. The van der Waals surface area contributed by atoms with Gasteiger partial charge in [-0.3, -0.25) is 0 Å². The Bertz CT molecular complexity index is 309. The first kappa shape index (κ1) is 10.1. The van der Waals surface area contributed by atoms with E-state index in [1.54, 1.807) is 0 Å². The van der Waals surface area contributed by atoms with Gasteiger partial charge in [-0.05, 0) is 0 Å². The molecule has 0 amide bonds. The van der Waals surface area contributed by atoms with Gasteiger partial charge >= 0.3 is 0 Å². The van der Waals surface area contributed by atoms with E-state index >= 15 is 0 Å². The fraction of sp³-hybridized carbons (Fsp3) is 0.167. The van der Waals surface area contributed by atoms with E-state index in [0.717, 1.165) is 0 Å². The molecule has 5 nitrogen and oxygen atoms in total. The van der Waals surface area contributed by atoms with Gasteiger partial charge < -0.3 is 11.5 Å². The van der Waals surface area contributed by atoms with Crippen LogP contribution in [0.2, 0.25) is 0 Å². The summed E-state index contributed by atoms with van der Waals surface area (Å²) in [5.41, 5.74) is 10.7. The normalized spacial score (nSPS) is 9.92. The van der Waals surface area contributed by atoms with Crippen LogP contribution in [0.4, 0.5) is 11.9 Å². The topological polar surface area (TPSA) is 90.7 Å². The van der Waals surface area contributed by atoms with Crippen LogP contribution in [0, 0.1) is 0 Å². The highest BCUT2D eigenvalue weighted by Gasteiger charge is 2.02. The Kier molecular flexibility index (Phi) is 3.32. The van der Waals surface area contributed by atoms with E-state index in [1.165, 1.54) is 11.8 Å². The molecule has 0 radical (unpaired) electrons. The molecule has 0 spiro atoms. The third-order valence-electron chi connectivity index (χ3n) is 1.01. The zero-order valence-electron chi connectivity index (χ0n) is 6.70. The van der Waals surface area contributed by atoms with Crippen molar-refractivity contribution in [3.05, 3.63) is 11.6 Å². The van der Waals surface area contributed by atoms with Crippen molar-refractivity contribution in [1.82, 2.24) is 15.0 Å². The second-order valence-corrected chi connectivity index (χ2v) is 3.62. The number of nitrogen functional groups attached to an aromatic ring is 2. The molecule has 0 unspecified atom stereocenters. The van der Waals surface area contributed by atoms with E-state index in [4.69, 9.17) is 23.1 Å². The zero-order chi connectivity index (χ0) is 9.84. The van der Waals surface area contributed by atoms with Crippen LogP contribution < -0.4 is 11.5 Å². The van der Waals surface area contributed by atoms with Gasteiger partial charge in [0, 0.05) is 10.8 Å². The van der Waals surface area contributed by atoms with Gasteiger partial charge in [0.2, 0.25) is 11.9 Å². The molecule has 70 valence electrons. The zero-order valence-corrected chi connectivity index (χ0v) is 8.27. The van der Waals surface area contributed by atoms with Crippen LogP contribution in [-0.2, 0) is 0 Å². The number of nitrogens with zero attached hydrogens (tertiary/aromatic N) is 3. The monoisotopic (exact) mass is 217 g/mol. The number of halogens is 1. The molecule has 13 heavy (non-hydrogen) atoms. The van der Waals surface area contributed by atoms with Crippen LogP contribution in [0.1, 0.15) is 0 Å². The average molecular weight is 218 g/mol. The third kappa shape index (κ3) is 3.47. The lowest BCUT2D eigenvalue weighted by Gasteiger charge is -1.99. The van der Waals surface area contributed by atoms with Gasteiger partial charge in [0.05, 0.1) is 0 Å². The van der Waals surface area contributed by atoms with E-state index in [0.29, 0.717) is 15.9 Å². The highest BCUT2D eigenvalue weighted by molar-refractivity contribution is 7.99. The van der Waals surface area contributed by atoms with Gasteiger partial charge in [-0.2, -0.15) is 15.0 Å². The lowest BCUT2D eigenvalue weighted by atomic mass is 10.7. The Balaban J connectivity index is 2.71. The van der Waals surface area contributed by atoms with Crippen molar-refractivity contribution in [2.24, 2.45) is 0 Å². The highest BCUT2D eigenvalue weighted by Crippen LogP contribution is 2.18. The Hall–Kier alpha value is -1.01. The van der Waals surface area contributed by atoms with Gasteiger partial charge in [0.1, 0.15) is 0 Å². The minimum absolute atomic E-state index is 0.107. The summed E-state index contributed by atoms with van der Waals surface area (Å²) in [6.45, 7) is 3.53. The fourth-order valence-electron chi connectivity index (χ4n) is 0.596. The number of nitrogens with two attached hydrogens (primary N) is 2. The number of rotatable bonds is 3. The molecule has 4 N–H and O–H groups in total. The summed E-state index contributed by atoms with van der Waals surface area (Å²) in [6.07, 6.45) is 0. The smallest absolute Gasteiger partial charge is 0.225 e. The second-order valence-electron chi connectivity index (χ2n) is 2.14. The van der Waals surface area contributed by atoms with Gasteiger partial charge in [0.15, 0.2) is 5.16 Å². The van der Waals surface area contributed by atoms with Crippen LogP contribution in [0.25, 0.3) is 0 Å². The van der Waals surface area contributed by atoms with Gasteiger partial charge in [-0.15, -0.1) is 0 Å². The molecule has 0 atom stereocenters. The SMILES string of the molecule is C=C(Cl)CSc1nc(N)nc(N)n1. The summed E-state index contributed by atoms with van der Waals surface area (Å²) < 4.78 is 0. The molecule has 1 rings (SSSR count). The third-order valence-corrected chi connectivity index (χ3v) is 2.23. The molecule has 1 aromatic heterocycles. The molecular formula is C6H8ClN5S. The van der Waals surface area contributed by atoms with Crippen LogP contribution in [0.5, 0.6) is 0 Å². The van der Waals surface area contributed by atoms with Crippen molar-refractivity contribution in [3.63, 3.8) is 0 Å². The number of anilines is 2. The van der Waals surface area contributed by atoms with Crippen molar-refractivity contribution in [1.29, 1.82) is 0 Å². The summed E-state index contributed by atoms with van der Waals surface area (Å²) in [5, 5.41) is 0.967. The molecule has 0 aliphatic carbocycles. The molecule has 7 heteroatoms. The predicted octanol–water partition coefficient (Wildman–Crippen LogP) is 0.881. The molecule has 0 aliphatic rings. The molecule has 0 fully saturated rings. The lowest BCUT2D eigenvalue weighted by Crippen LogP contribution is -2.03. The maximum Gasteiger partial charge on any atom is 0.225 e. The van der Waals surface area contributed by atoms with Crippen LogP contribution in [-0.4, -0.2) is 20.7 Å². The lowest BCUT2D eigenvalue weighted by molar-refractivity contribution is 0.931. The first-order valence-electron chi connectivity index (χ1n) is 3.31. The summed E-state index contributed by atoms with van der Waals surface area (Å²) in [7, 11) is 0. The van der Waals surface area contributed by atoms with Gasteiger partial charge in [0.25, 0.3) is 0 Å². The first-order chi connectivity index (χ1) is 6.08. The number of hydrogen-bond donors (Lipinski definition) is 2. The predicted molar refractivity (Wildman–Crippen MR) is 54.4 cm³/mol. The van der Waals surface area contributed by atoms with Crippen LogP contribution in [0.15, 0.2) is 16.8 Å². The van der Waals surface area contributed by atoms with Crippen molar-refractivity contribution >= 4 is 35.3 Å². The van der Waals surface area contributed by atoms with Crippen molar-refractivity contribution in [2.45, 2.75) is 5.16 Å². The summed E-state index contributed by atoms with van der Waals surface area (Å²) in [5.74, 6) is 0.732. The van der Waals surface area contributed by atoms with E-state index in [2.05, 4.69) is 21.5 Å². The number of thioether (sulfide) groups is 1. The second kappa shape index (κ2) is 4.29. The van der Waals surface area contributed by atoms with Gasteiger partial charge in [-0.25, -0.2) is 0 Å². The van der Waals surface area contributed by atoms with Crippen molar-refractivity contribution in [2.75, 3.05) is 17.2 Å². The largest absolute Gasteiger partial charge is 0.368 e. The minimum atomic E-state index is 0.107. The Morgan fingerprint density at radius 3 is 2.31 bits per heavy atom. The first-order valence-corrected chi connectivity index (χ1v) is 4.67. The highest BCUT2D eigenvalue weighted by atomic mass is 35.5. The Morgan fingerprint density at radius 2 is 1.85 bits per heavy atom. The summed E-state index contributed by atoms with van der Waals surface area (Å²) in [4.78, 5) is 11.3. The summed E-state index contributed by atoms with van der Waals surface area (Å²) >= 11 is 6.86. The average Bonchev–Trinajstić information content (AvgIpc) is 1.99. The number of aromatic nitrogens is 3. The molecule has 1 heterocycles. The molecule has 0 saturated heterocycles.